The summed E-state index contributed by atoms with van der Waals surface area (Å²) in [5.74, 6) is 1.93. The maximum atomic E-state index is 12.9. The molecule has 9 nitrogen and oxygen atoms in total. The Balaban J connectivity index is 1.31. The van der Waals surface area contributed by atoms with Crippen LogP contribution in [-0.2, 0) is 4.79 Å². The number of para-hydroxylation sites is 2. The molecule has 0 atom stereocenters. The third kappa shape index (κ3) is 6.13. The molecule has 2 aromatic carbocycles. The second kappa shape index (κ2) is 12.8. The molecule has 5 rings (SSSR count). The molecule has 0 saturated heterocycles. The highest BCUT2D eigenvalue weighted by Crippen LogP contribution is 2.39. The highest BCUT2D eigenvalue weighted by atomic mass is 35.5. The van der Waals surface area contributed by atoms with Crippen molar-refractivity contribution in [3.63, 3.8) is 0 Å². The van der Waals surface area contributed by atoms with Gasteiger partial charge in [0.15, 0.2) is 28.8 Å². The molecule has 2 aliphatic heterocycles. The van der Waals surface area contributed by atoms with E-state index in [1.165, 1.54) is 36.0 Å². The molecule has 11 heteroatoms. The van der Waals surface area contributed by atoms with E-state index < -0.39 is 5.91 Å². The molecule has 2 heterocycles. The van der Waals surface area contributed by atoms with E-state index in [-0.39, 0.29) is 24.6 Å². The van der Waals surface area contributed by atoms with Gasteiger partial charge in [-0.1, -0.05) is 43.0 Å². The molecule has 210 valence electrons. The van der Waals surface area contributed by atoms with Crippen LogP contribution in [0.5, 0.6) is 23.0 Å². The summed E-state index contributed by atoms with van der Waals surface area (Å²) in [6, 6.07) is 10.8. The van der Waals surface area contributed by atoms with Crippen molar-refractivity contribution in [2.75, 3.05) is 26.9 Å². The summed E-state index contributed by atoms with van der Waals surface area (Å²) in [5.41, 5.74) is 0.719. The van der Waals surface area contributed by atoms with Crippen LogP contribution in [0.25, 0.3) is 6.08 Å². The van der Waals surface area contributed by atoms with E-state index in [4.69, 9.17) is 36.0 Å². The number of benzene rings is 2. The first-order valence-electron chi connectivity index (χ1n) is 13.3. The lowest BCUT2D eigenvalue weighted by atomic mass is 9.90. The first-order valence-corrected chi connectivity index (χ1v) is 14.5. The van der Waals surface area contributed by atoms with Crippen LogP contribution >= 0.6 is 23.4 Å². The maximum absolute atomic E-state index is 12.9. The Bertz CT molecular complexity index is 1390. The number of amidine groups is 2. The third-order valence-electron chi connectivity index (χ3n) is 6.72. The maximum Gasteiger partial charge on any atom is 0.283 e. The molecule has 1 fully saturated rings. The lowest BCUT2D eigenvalue weighted by molar-refractivity contribution is -0.114. The van der Waals surface area contributed by atoms with Gasteiger partial charge in [0.05, 0.1) is 24.3 Å². The first kappa shape index (κ1) is 28.0. The fourth-order valence-corrected chi connectivity index (χ4v) is 6.13. The van der Waals surface area contributed by atoms with Crippen LogP contribution in [0.2, 0.25) is 5.02 Å². The number of hydrazone groups is 1. The summed E-state index contributed by atoms with van der Waals surface area (Å²) in [5, 5.41) is 16.5. The number of nitrogens with one attached hydrogen (secondary N) is 1. The smallest absolute Gasteiger partial charge is 0.283 e. The van der Waals surface area contributed by atoms with Gasteiger partial charge in [0, 0.05) is 5.92 Å². The summed E-state index contributed by atoms with van der Waals surface area (Å²) in [4.78, 5) is 17.2. The van der Waals surface area contributed by atoms with E-state index >= 15 is 0 Å². The van der Waals surface area contributed by atoms with E-state index in [1.54, 1.807) is 25.3 Å². The lowest BCUT2D eigenvalue weighted by Crippen LogP contribution is -2.35. The van der Waals surface area contributed by atoms with Crippen LogP contribution in [0.1, 0.15) is 44.6 Å². The molecule has 0 spiro atoms. The fraction of sp³-hybridized carbons (Fsp3) is 0.379. The Morgan fingerprint density at radius 2 is 1.82 bits per heavy atom. The number of thioether (sulfide) groups is 1. The predicted octanol–water partition coefficient (Wildman–Crippen LogP) is 6.40. The zero-order valence-corrected chi connectivity index (χ0v) is 24.0. The molecule has 0 bridgehead atoms. The number of ether oxygens (including phenoxy) is 4. The highest BCUT2D eigenvalue weighted by molar-refractivity contribution is 8.27. The molecule has 1 saturated carbocycles. The van der Waals surface area contributed by atoms with Gasteiger partial charge in [-0.25, -0.2) is 0 Å². The van der Waals surface area contributed by atoms with Crippen molar-refractivity contribution in [3.05, 3.63) is 52.6 Å². The van der Waals surface area contributed by atoms with Crippen LogP contribution in [0, 0.1) is 11.3 Å². The van der Waals surface area contributed by atoms with Crippen LogP contribution in [0.3, 0.4) is 0 Å². The first-order chi connectivity index (χ1) is 19.5. The van der Waals surface area contributed by atoms with Crippen molar-refractivity contribution >= 4 is 51.4 Å². The van der Waals surface area contributed by atoms with Gasteiger partial charge in [-0.15, -0.1) is 0 Å². The number of hydrogen-bond acceptors (Lipinski definition) is 8. The lowest BCUT2D eigenvalue weighted by Gasteiger charge is -2.20. The van der Waals surface area contributed by atoms with Gasteiger partial charge in [-0.2, -0.15) is 15.1 Å². The number of carbonyl (C=O) groups excluding carboxylic acids is 1. The fourth-order valence-electron chi connectivity index (χ4n) is 4.80. The SMILES string of the molecule is CCOc1cc(/C=C2/C(=N)N3N=C(C4CCCCC4)SC3=NC2=O)cc(Cl)c1OCCOc1ccccc1OC. The standard InChI is InChI=1S/C29H31ClN4O5S/c1-3-37-24-17-18(16-21(30)25(24)39-14-13-38-23-12-8-7-11-22(23)36-2)15-20-26(31)34-29(32-27(20)35)40-28(33-34)19-9-5-4-6-10-19/h7-8,11-12,15-17,19,31H,3-6,9-10,13-14H2,1-2H3/b20-15-,31-26?. The predicted molar refractivity (Wildman–Crippen MR) is 158 cm³/mol. The van der Waals surface area contributed by atoms with Crippen LogP contribution in [0.15, 0.2) is 52.1 Å². The number of methoxy groups -OCH3 is 1. The average Bonchev–Trinajstić information content (AvgIpc) is 3.39. The Morgan fingerprint density at radius 3 is 2.58 bits per heavy atom. The summed E-state index contributed by atoms with van der Waals surface area (Å²) in [6.07, 6.45) is 7.35. The second-order valence-corrected chi connectivity index (χ2v) is 10.8. The van der Waals surface area contributed by atoms with Crippen molar-refractivity contribution in [2.45, 2.75) is 39.0 Å². The van der Waals surface area contributed by atoms with Crippen molar-refractivity contribution in [2.24, 2.45) is 16.0 Å². The number of nitrogens with zero attached hydrogens (tertiary/aromatic N) is 3. The zero-order valence-electron chi connectivity index (χ0n) is 22.4. The minimum atomic E-state index is -0.480. The van der Waals surface area contributed by atoms with Crippen molar-refractivity contribution < 1.29 is 23.7 Å². The molecule has 0 aromatic heterocycles. The zero-order chi connectivity index (χ0) is 28.1. The van der Waals surface area contributed by atoms with Gasteiger partial charge in [0.2, 0.25) is 5.17 Å². The molecule has 3 aliphatic rings. The Hall–Kier alpha value is -3.50. The quantitative estimate of drug-likeness (QED) is 0.255. The van der Waals surface area contributed by atoms with Gasteiger partial charge in [0.25, 0.3) is 5.91 Å². The van der Waals surface area contributed by atoms with Crippen molar-refractivity contribution in [1.82, 2.24) is 5.01 Å². The molecule has 40 heavy (non-hydrogen) atoms. The molecule has 1 aliphatic carbocycles. The normalized spacial score (nSPS) is 18.4. The molecule has 0 unspecified atom stereocenters. The van der Waals surface area contributed by atoms with E-state index in [1.807, 2.05) is 31.2 Å². The van der Waals surface area contributed by atoms with E-state index in [0.29, 0.717) is 51.3 Å². The molecule has 1 amide bonds. The molecule has 1 N–H and O–H groups in total. The minimum Gasteiger partial charge on any atom is -0.493 e. The van der Waals surface area contributed by atoms with Crippen molar-refractivity contribution in [3.8, 4) is 23.0 Å². The molecule has 2 aromatic rings. The largest absolute Gasteiger partial charge is 0.493 e. The van der Waals surface area contributed by atoms with Gasteiger partial charge in [0.1, 0.15) is 18.3 Å². The monoisotopic (exact) mass is 582 g/mol. The number of hydrogen-bond donors (Lipinski definition) is 1. The van der Waals surface area contributed by atoms with Gasteiger partial charge < -0.3 is 18.9 Å². The van der Waals surface area contributed by atoms with E-state index in [2.05, 4.69) is 10.1 Å². The van der Waals surface area contributed by atoms with Gasteiger partial charge in [-0.3, -0.25) is 10.2 Å². The van der Waals surface area contributed by atoms with Crippen LogP contribution in [-0.4, -0.2) is 53.9 Å². The van der Waals surface area contributed by atoms with Crippen molar-refractivity contribution in [1.29, 1.82) is 5.41 Å². The van der Waals surface area contributed by atoms with E-state index in [0.717, 1.165) is 17.9 Å². The minimum absolute atomic E-state index is 0.00351. The van der Waals surface area contributed by atoms with Crippen LogP contribution < -0.4 is 18.9 Å². The summed E-state index contributed by atoms with van der Waals surface area (Å²) in [7, 11) is 1.59. The topological polar surface area (TPSA) is 106 Å². The van der Waals surface area contributed by atoms with Crippen LogP contribution in [0.4, 0.5) is 0 Å². The van der Waals surface area contributed by atoms with Gasteiger partial charge in [-0.05, 0) is 67.4 Å². The number of amides is 1. The average molecular weight is 583 g/mol. The Kier molecular flexibility index (Phi) is 8.96. The highest BCUT2D eigenvalue weighted by Gasteiger charge is 2.38. The number of halogens is 1. The third-order valence-corrected chi connectivity index (χ3v) is 8.08. The molecule has 0 radical (unpaired) electrons. The Labute approximate surface area is 242 Å². The summed E-state index contributed by atoms with van der Waals surface area (Å²) >= 11 is 8.00. The molecular weight excluding hydrogens is 552 g/mol. The number of aliphatic imine (C=N–C) groups is 1. The number of rotatable bonds is 10. The number of fused-ring (bicyclic) bond motifs is 1. The summed E-state index contributed by atoms with van der Waals surface area (Å²) in [6.45, 7) is 2.72. The summed E-state index contributed by atoms with van der Waals surface area (Å²) < 4.78 is 22.8. The van der Waals surface area contributed by atoms with E-state index in [9.17, 15) is 4.79 Å². The van der Waals surface area contributed by atoms with Gasteiger partial charge >= 0.3 is 0 Å². The molecular formula is C29H31ClN4O5S. The number of carbonyl (C=O) groups is 1. The Morgan fingerprint density at radius 1 is 1.07 bits per heavy atom. The second-order valence-electron chi connectivity index (χ2n) is 9.40.